The zero-order valence-corrected chi connectivity index (χ0v) is 29.0. The normalized spacial score (nSPS) is 20.3. The Morgan fingerprint density at radius 3 is 2.67 bits per heavy atom. The fourth-order valence-electron chi connectivity index (χ4n) is 7.75. The van der Waals surface area contributed by atoms with Crippen LogP contribution in [0.1, 0.15) is 52.0 Å². The van der Waals surface area contributed by atoms with Gasteiger partial charge in [0, 0.05) is 40.0 Å². The van der Waals surface area contributed by atoms with Crippen LogP contribution >= 0.6 is 23.2 Å². The predicted molar refractivity (Wildman–Crippen MR) is 191 cm³/mol. The molecule has 3 aromatic carbocycles. The quantitative estimate of drug-likeness (QED) is 0.167. The van der Waals surface area contributed by atoms with E-state index in [1.54, 1.807) is 30.2 Å². The number of pyridine rings is 1. The molecule has 1 unspecified atom stereocenters. The number of hydrogen-bond acceptors (Lipinski definition) is 6. The highest BCUT2D eigenvalue weighted by atomic mass is 35.5. The van der Waals surface area contributed by atoms with Gasteiger partial charge in [0.25, 0.3) is 5.91 Å². The van der Waals surface area contributed by atoms with E-state index in [1.807, 2.05) is 41.9 Å². The van der Waals surface area contributed by atoms with Crippen LogP contribution in [-0.2, 0) is 4.79 Å². The summed E-state index contributed by atoms with van der Waals surface area (Å²) < 4.78 is 25.6. The van der Waals surface area contributed by atoms with Crippen molar-refractivity contribution < 1.29 is 13.9 Å². The number of amides is 1. The highest BCUT2D eigenvalue weighted by molar-refractivity contribution is 6.38. The van der Waals surface area contributed by atoms with Crippen LogP contribution in [0.5, 0.6) is 5.88 Å². The maximum atomic E-state index is 17.2. The molecule has 4 heterocycles. The van der Waals surface area contributed by atoms with Gasteiger partial charge in [0.15, 0.2) is 5.82 Å². The maximum absolute atomic E-state index is 17.2. The van der Waals surface area contributed by atoms with Gasteiger partial charge in [-0.1, -0.05) is 59.5 Å². The van der Waals surface area contributed by atoms with Gasteiger partial charge in [0.2, 0.25) is 5.88 Å². The zero-order chi connectivity index (χ0) is 34.4. The van der Waals surface area contributed by atoms with Crippen molar-refractivity contribution in [3.63, 3.8) is 0 Å². The molecule has 0 bridgehead atoms. The number of likely N-dealkylation sites (tertiary alicyclic amines) is 2. The first-order chi connectivity index (χ1) is 23.7. The average molecular weight is 698 g/mol. The molecule has 0 saturated carbocycles. The number of rotatable bonds is 6. The monoisotopic (exact) mass is 696 g/mol. The van der Waals surface area contributed by atoms with Crippen LogP contribution < -0.4 is 4.74 Å². The smallest absolute Gasteiger partial charge is 0.298 e. The largest absolute Gasteiger partial charge is 0.472 e. The Labute approximate surface area is 294 Å². The van der Waals surface area contributed by atoms with Crippen molar-refractivity contribution >= 4 is 61.7 Å². The van der Waals surface area contributed by atoms with E-state index in [2.05, 4.69) is 29.9 Å². The molecule has 2 aromatic heterocycles. The number of halogens is 3. The summed E-state index contributed by atoms with van der Waals surface area (Å²) in [6.07, 6.45) is 4.77. The van der Waals surface area contributed by atoms with Crippen LogP contribution in [-0.4, -0.2) is 68.8 Å². The Balaban J connectivity index is 1.42. The molecule has 2 aliphatic rings. The van der Waals surface area contributed by atoms with Gasteiger partial charge in [0.05, 0.1) is 40.7 Å². The highest BCUT2D eigenvalue weighted by Crippen LogP contribution is 2.44. The van der Waals surface area contributed by atoms with Gasteiger partial charge in [-0.2, -0.15) is 10.4 Å². The lowest BCUT2D eigenvalue weighted by Crippen LogP contribution is -2.46. The molecular weight excluding hydrogens is 662 g/mol. The van der Waals surface area contributed by atoms with Crippen LogP contribution in [0.3, 0.4) is 0 Å². The first-order valence-electron chi connectivity index (χ1n) is 16.6. The van der Waals surface area contributed by atoms with Crippen molar-refractivity contribution in [2.24, 2.45) is 0 Å². The fraction of sp³-hybridized carbons (Fsp3) is 0.368. The Kier molecular flexibility index (Phi) is 9.11. The van der Waals surface area contributed by atoms with E-state index in [0.717, 1.165) is 24.8 Å². The van der Waals surface area contributed by atoms with E-state index in [4.69, 9.17) is 38.0 Å². The van der Waals surface area contributed by atoms with E-state index in [1.165, 1.54) is 0 Å². The van der Waals surface area contributed by atoms with Crippen molar-refractivity contribution in [1.82, 2.24) is 24.6 Å². The molecule has 2 aliphatic heterocycles. The summed E-state index contributed by atoms with van der Waals surface area (Å²) in [5.41, 5.74) is 1.53. The molecule has 0 radical (unpaired) electrons. The first kappa shape index (κ1) is 33.1. The Bertz CT molecular complexity index is 2210. The number of likely N-dealkylation sites (N-methyl/N-ethyl adjacent to an activating group) is 1. The number of ether oxygens (including phenoxy) is 1. The molecule has 5 aromatic rings. The number of fused-ring (bicyclic) bond motifs is 4. The first-order valence-corrected chi connectivity index (χ1v) is 17.3. The molecule has 4 atom stereocenters. The van der Waals surface area contributed by atoms with Crippen molar-refractivity contribution in [2.75, 3.05) is 20.1 Å². The number of piperidine rings is 1. The lowest BCUT2D eigenvalue weighted by atomic mass is 9.94. The maximum Gasteiger partial charge on any atom is 0.298 e. The molecule has 0 N–H and O–H groups in total. The average Bonchev–Trinajstić information content (AvgIpc) is 3.73. The van der Waals surface area contributed by atoms with Crippen LogP contribution in [0.2, 0.25) is 10.0 Å². The van der Waals surface area contributed by atoms with Gasteiger partial charge < -0.3 is 9.64 Å². The summed E-state index contributed by atoms with van der Waals surface area (Å²) in [6.45, 7) is 5.03. The molecule has 8 nitrogen and oxygen atoms in total. The third kappa shape index (κ3) is 5.84. The minimum Gasteiger partial charge on any atom is -0.472 e. The van der Waals surface area contributed by atoms with E-state index in [0.29, 0.717) is 57.5 Å². The van der Waals surface area contributed by atoms with Gasteiger partial charge in [-0.3, -0.25) is 14.4 Å². The second-order valence-electron chi connectivity index (χ2n) is 12.9. The van der Waals surface area contributed by atoms with Crippen molar-refractivity contribution in [2.45, 2.75) is 70.2 Å². The summed E-state index contributed by atoms with van der Waals surface area (Å²) in [5, 5.41) is 17.9. The van der Waals surface area contributed by atoms with Gasteiger partial charge >= 0.3 is 0 Å². The summed E-state index contributed by atoms with van der Waals surface area (Å²) in [6, 6.07) is 14.8. The number of hydrogen-bond donors (Lipinski definition) is 0. The Hall–Kier alpha value is -4.41. The van der Waals surface area contributed by atoms with Crippen molar-refractivity contribution in [1.29, 1.82) is 5.26 Å². The number of aromatic nitrogens is 3. The second-order valence-corrected chi connectivity index (χ2v) is 13.8. The highest BCUT2D eigenvalue weighted by Gasteiger charge is 2.35. The Morgan fingerprint density at radius 1 is 1.14 bits per heavy atom. The Morgan fingerprint density at radius 2 is 1.94 bits per heavy atom. The molecule has 2 saturated heterocycles. The third-order valence-corrected chi connectivity index (χ3v) is 10.7. The van der Waals surface area contributed by atoms with Crippen molar-refractivity contribution in [3.05, 3.63) is 64.5 Å². The van der Waals surface area contributed by atoms with Crippen molar-refractivity contribution in [3.8, 4) is 34.9 Å². The van der Waals surface area contributed by atoms with Gasteiger partial charge in [-0.25, -0.2) is 9.37 Å². The van der Waals surface area contributed by atoms with Crippen LogP contribution in [0, 0.1) is 29.0 Å². The number of nitriles is 1. The number of benzene rings is 3. The van der Waals surface area contributed by atoms with Gasteiger partial charge in [0.1, 0.15) is 11.6 Å². The van der Waals surface area contributed by atoms with Gasteiger partial charge in [-0.15, -0.1) is 0 Å². The SMILES string of the molecule is CC#CC(=O)N1CC[C@H](n2ncc3c(O[C@@H](C)C4CCCN4C)nc4c(F)c(-c5cccc6cccc(Cl)c56)c(Cl)cc4c32)C[C@H]1CC#N. The predicted octanol–water partition coefficient (Wildman–Crippen LogP) is 8.18. The number of carbonyl (C=O) groups excluding carboxylic acids is 1. The third-order valence-electron chi connectivity index (χ3n) is 10.1. The minimum atomic E-state index is -0.582. The molecule has 7 rings (SSSR count). The number of carbonyl (C=O) groups is 1. The van der Waals surface area contributed by atoms with Gasteiger partial charge in [-0.05, 0) is 82.1 Å². The molecule has 0 spiro atoms. The molecule has 1 amide bonds. The minimum absolute atomic E-state index is 0.110. The lowest BCUT2D eigenvalue weighted by molar-refractivity contribution is -0.129. The van der Waals surface area contributed by atoms with Crippen LogP contribution in [0.25, 0.3) is 43.7 Å². The second kappa shape index (κ2) is 13.5. The van der Waals surface area contributed by atoms with E-state index in [9.17, 15) is 10.1 Å². The molecule has 49 heavy (non-hydrogen) atoms. The van der Waals surface area contributed by atoms with E-state index >= 15 is 4.39 Å². The molecule has 2 fully saturated rings. The van der Waals surface area contributed by atoms with Crippen LogP contribution in [0.4, 0.5) is 4.39 Å². The topological polar surface area (TPSA) is 87.3 Å². The fourth-order valence-corrected chi connectivity index (χ4v) is 8.32. The standard InChI is InChI=1S/C38H35Cl2FN6O2/c1-4-8-32(48)46-18-15-25(19-24(46)14-16-42)47-37-27-20-30(40)34(26-11-5-9-23-10-6-12-29(39)33(23)26)35(41)36(27)44-38(28(37)21-43-47)49-22(2)31-13-7-17-45(31)3/h5-6,9-12,20-22,24-25,31H,7,13-15,17-19H2,1-3H3/t22-,24+,25-,31?/m0/s1. The molecule has 0 aliphatic carbocycles. The summed E-state index contributed by atoms with van der Waals surface area (Å²) in [4.78, 5) is 21.6. The summed E-state index contributed by atoms with van der Waals surface area (Å²) in [5.74, 6) is 4.71. The van der Waals surface area contributed by atoms with Crippen LogP contribution in [0.15, 0.2) is 48.7 Å². The zero-order valence-electron chi connectivity index (χ0n) is 27.5. The molecule has 250 valence electrons. The molecular formula is C38H35Cl2FN6O2. The lowest BCUT2D eigenvalue weighted by Gasteiger charge is -2.37. The van der Waals surface area contributed by atoms with E-state index in [-0.39, 0.29) is 52.7 Å². The summed E-state index contributed by atoms with van der Waals surface area (Å²) >= 11 is 13.7. The van der Waals surface area contributed by atoms with E-state index < -0.39 is 5.82 Å². The number of nitrogens with zero attached hydrogens (tertiary/aromatic N) is 6. The molecule has 11 heteroatoms. The summed E-state index contributed by atoms with van der Waals surface area (Å²) in [7, 11) is 2.09.